The topological polar surface area (TPSA) is 101 Å². The van der Waals surface area contributed by atoms with Crippen LogP contribution in [0.15, 0.2) is 53.1 Å². The molecule has 4 aromatic rings. The minimum absolute atomic E-state index is 0.126. The largest absolute Gasteiger partial charge is 0.507 e. The first-order valence-corrected chi connectivity index (χ1v) is 13.4. The van der Waals surface area contributed by atoms with Crippen LogP contribution in [0, 0.1) is 19.8 Å². The molecule has 8 heteroatoms. The Morgan fingerprint density at radius 1 is 1.13 bits per heavy atom. The number of nitrogens with zero attached hydrogens (tertiary/aromatic N) is 2. The van der Waals surface area contributed by atoms with Gasteiger partial charge in [0.05, 0.1) is 32.1 Å². The number of amides is 1. The number of H-pyrrole nitrogens is 1. The number of carbonyl (C=O) groups is 1. The summed E-state index contributed by atoms with van der Waals surface area (Å²) in [6, 6.07) is 12.7. The highest BCUT2D eigenvalue weighted by Gasteiger charge is 2.43. The number of aryl methyl sites for hydroxylation is 2. The second kappa shape index (κ2) is 10.9. The lowest BCUT2D eigenvalue weighted by molar-refractivity contribution is 0.0716. The molecule has 0 fully saturated rings. The normalized spacial score (nSPS) is 14.8. The molecule has 0 bridgehead atoms. The van der Waals surface area contributed by atoms with Gasteiger partial charge in [0.25, 0.3) is 5.91 Å². The summed E-state index contributed by atoms with van der Waals surface area (Å²) in [4.78, 5) is 15.5. The molecule has 5 rings (SSSR count). The van der Waals surface area contributed by atoms with E-state index < -0.39 is 6.04 Å². The Balaban J connectivity index is 1.63. The summed E-state index contributed by atoms with van der Waals surface area (Å²) in [5.74, 6) is 2.42. The van der Waals surface area contributed by atoms with Gasteiger partial charge in [0.2, 0.25) is 0 Å². The van der Waals surface area contributed by atoms with Crippen LogP contribution in [0.25, 0.3) is 11.3 Å². The lowest BCUT2D eigenvalue weighted by Gasteiger charge is -2.26. The predicted molar refractivity (Wildman–Crippen MR) is 148 cm³/mol. The maximum atomic E-state index is 13.8. The van der Waals surface area contributed by atoms with E-state index in [9.17, 15) is 9.90 Å². The van der Waals surface area contributed by atoms with Crippen molar-refractivity contribution in [3.63, 3.8) is 0 Å². The minimum Gasteiger partial charge on any atom is -0.507 e. The first kappa shape index (κ1) is 26.4. The summed E-state index contributed by atoms with van der Waals surface area (Å²) in [5, 5.41) is 18.4. The first-order valence-electron chi connectivity index (χ1n) is 13.4. The summed E-state index contributed by atoms with van der Waals surface area (Å²) >= 11 is 0. The fraction of sp³-hybridized carbons (Fsp3) is 0.355. The second-order valence-corrected chi connectivity index (χ2v) is 10.4. The van der Waals surface area contributed by atoms with E-state index in [1.54, 1.807) is 23.3 Å². The van der Waals surface area contributed by atoms with Gasteiger partial charge in [-0.05, 0) is 80.1 Å². The third kappa shape index (κ3) is 5.11. The van der Waals surface area contributed by atoms with E-state index in [-0.39, 0.29) is 18.2 Å². The molecule has 1 unspecified atom stereocenters. The van der Waals surface area contributed by atoms with Crippen LogP contribution in [0.2, 0.25) is 0 Å². The second-order valence-electron chi connectivity index (χ2n) is 10.4. The number of rotatable bonds is 10. The van der Waals surface area contributed by atoms with E-state index in [2.05, 4.69) is 24.0 Å². The van der Waals surface area contributed by atoms with Crippen molar-refractivity contribution in [1.29, 1.82) is 0 Å². The third-order valence-electron chi connectivity index (χ3n) is 7.00. The molecule has 204 valence electrons. The molecule has 2 aromatic heterocycles. The highest BCUT2D eigenvalue weighted by atomic mass is 16.5. The zero-order valence-corrected chi connectivity index (χ0v) is 23.1. The molecule has 0 saturated heterocycles. The van der Waals surface area contributed by atoms with Crippen molar-refractivity contribution in [3.8, 4) is 28.5 Å². The zero-order valence-electron chi connectivity index (χ0n) is 23.1. The number of hydrogen-bond donors (Lipinski definition) is 2. The zero-order chi connectivity index (χ0) is 27.7. The van der Waals surface area contributed by atoms with Crippen LogP contribution >= 0.6 is 0 Å². The van der Waals surface area contributed by atoms with Crippen LogP contribution < -0.4 is 9.47 Å². The fourth-order valence-corrected chi connectivity index (χ4v) is 5.21. The van der Waals surface area contributed by atoms with E-state index in [1.807, 2.05) is 51.1 Å². The molecule has 1 aliphatic rings. The van der Waals surface area contributed by atoms with Gasteiger partial charge < -0.3 is 23.9 Å². The average molecular weight is 530 g/mol. The smallest absolute Gasteiger partial charge is 0.273 e. The van der Waals surface area contributed by atoms with Crippen LogP contribution in [-0.2, 0) is 6.54 Å². The Bertz CT molecular complexity index is 1450. The van der Waals surface area contributed by atoms with Gasteiger partial charge in [-0.3, -0.25) is 9.89 Å². The lowest BCUT2D eigenvalue weighted by Crippen LogP contribution is -2.29. The number of aromatic hydroxyl groups is 1. The number of aromatic amines is 1. The number of ether oxygens (including phenoxy) is 2. The molecular weight excluding hydrogens is 494 g/mol. The third-order valence-corrected chi connectivity index (χ3v) is 7.00. The van der Waals surface area contributed by atoms with Crippen molar-refractivity contribution < 1.29 is 23.8 Å². The molecule has 1 aliphatic heterocycles. The molecule has 39 heavy (non-hydrogen) atoms. The van der Waals surface area contributed by atoms with Crippen LogP contribution in [-0.4, -0.2) is 39.3 Å². The monoisotopic (exact) mass is 529 g/mol. The van der Waals surface area contributed by atoms with Gasteiger partial charge in [0.1, 0.15) is 22.9 Å². The fourth-order valence-electron chi connectivity index (χ4n) is 5.21. The average Bonchev–Trinajstić information content (AvgIpc) is 3.60. The van der Waals surface area contributed by atoms with Crippen molar-refractivity contribution in [3.05, 3.63) is 82.4 Å². The molecule has 1 atom stereocenters. The van der Waals surface area contributed by atoms with Gasteiger partial charge in [-0.15, -0.1) is 0 Å². The number of benzene rings is 2. The standard InChI is InChI=1S/C31H35N3O5/c1-6-37-25-16-21(9-10-24(25)39-13-11-18(2)3)30-27-28(26-20(5)14-19(4)15-23(26)35)32-33-29(27)31(36)34(30)17-22-8-7-12-38-22/h7-10,12,14-16,18,30,35H,6,11,13,17H2,1-5H3,(H,32,33). The molecule has 0 saturated carbocycles. The van der Waals surface area contributed by atoms with Crippen molar-refractivity contribution in [1.82, 2.24) is 15.1 Å². The van der Waals surface area contributed by atoms with Gasteiger partial charge in [-0.2, -0.15) is 5.10 Å². The molecule has 2 aromatic carbocycles. The lowest BCUT2D eigenvalue weighted by atomic mass is 9.93. The molecule has 3 heterocycles. The van der Waals surface area contributed by atoms with Gasteiger partial charge in [-0.25, -0.2) is 0 Å². The van der Waals surface area contributed by atoms with E-state index in [0.717, 1.165) is 23.1 Å². The van der Waals surface area contributed by atoms with Gasteiger partial charge in [0, 0.05) is 11.1 Å². The molecule has 0 radical (unpaired) electrons. The number of furan rings is 1. The van der Waals surface area contributed by atoms with Crippen LogP contribution in [0.5, 0.6) is 17.2 Å². The molecule has 8 nitrogen and oxygen atoms in total. The Kier molecular flexibility index (Phi) is 7.37. The Hall–Kier alpha value is -4.20. The Morgan fingerprint density at radius 3 is 2.64 bits per heavy atom. The highest BCUT2D eigenvalue weighted by molar-refractivity contribution is 6.00. The van der Waals surface area contributed by atoms with Crippen LogP contribution in [0.1, 0.15) is 71.7 Å². The van der Waals surface area contributed by atoms with Crippen LogP contribution in [0.4, 0.5) is 0 Å². The van der Waals surface area contributed by atoms with Crippen molar-refractivity contribution in [2.45, 2.75) is 53.6 Å². The molecule has 2 N–H and O–H groups in total. The number of carbonyl (C=O) groups excluding carboxylic acids is 1. The predicted octanol–water partition coefficient (Wildman–Crippen LogP) is 6.56. The van der Waals surface area contributed by atoms with E-state index in [0.29, 0.717) is 58.9 Å². The minimum atomic E-state index is -0.490. The summed E-state index contributed by atoms with van der Waals surface area (Å²) in [7, 11) is 0. The molecule has 0 spiro atoms. The number of aromatic nitrogens is 2. The van der Waals surface area contributed by atoms with Gasteiger partial charge in [0.15, 0.2) is 11.5 Å². The number of phenolic OH excluding ortho intramolecular Hbond substituents is 1. The van der Waals surface area contributed by atoms with E-state index in [1.165, 1.54) is 0 Å². The first-order chi connectivity index (χ1) is 18.8. The molecule has 0 aliphatic carbocycles. The Labute approximate surface area is 228 Å². The van der Waals surface area contributed by atoms with Crippen molar-refractivity contribution >= 4 is 5.91 Å². The quantitative estimate of drug-likeness (QED) is 0.241. The maximum absolute atomic E-state index is 13.8. The van der Waals surface area contributed by atoms with Gasteiger partial charge in [-0.1, -0.05) is 26.0 Å². The Morgan fingerprint density at radius 2 is 1.95 bits per heavy atom. The number of nitrogens with one attached hydrogen (secondary N) is 1. The van der Waals surface area contributed by atoms with Crippen LogP contribution in [0.3, 0.4) is 0 Å². The SMILES string of the molecule is CCOc1cc(C2c3c(-c4c(C)cc(C)cc4O)n[nH]c3C(=O)N2Cc2ccco2)ccc1OCCC(C)C. The van der Waals surface area contributed by atoms with Gasteiger partial charge >= 0.3 is 0 Å². The van der Waals surface area contributed by atoms with Crippen molar-refractivity contribution in [2.75, 3.05) is 13.2 Å². The summed E-state index contributed by atoms with van der Waals surface area (Å²) in [6.07, 6.45) is 2.53. The summed E-state index contributed by atoms with van der Waals surface area (Å²) in [5.41, 5.74) is 4.94. The highest BCUT2D eigenvalue weighted by Crippen LogP contribution is 2.47. The molecular formula is C31H35N3O5. The maximum Gasteiger partial charge on any atom is 0.273 e. The number of hydrogen-bond acceptors (Lipinski definition) is 6. The number of fused-ring (bicyclic) bond motifs is 1. The summed E-state index contributed by atoms with van der Waals surface area (Å²) in [6.45, 7) is 11.5. The van der Waals surface area contributed by atoms with E-state index >= 15 is 0 Å². The van der Waals surface area contributed by atoms with Crippen molar-refractivity contribution in [2.24, 2.45) is 5.92 Å². The van der Waals surface area contributed by atoms with E-state index in [4.69, 9.17) is 13.9 Å². The number of phenols is 1. The summed E-state index contributed by atoms with van der Waals surface area (Å²) < 4.78 is 17.7. The molecule has 1 amide bonds.